The van der Waals surface area contributed by atoms with E-state index in [0.29, 0.717) is 37.6 Å². The van der Waals surface area contributed by atoms with Gasteiger partial charge in [-0.1, -0.05) is 96.7 Å². The molecule has 10 rings (SSSR count). The zero-order chi connectivity index (χ0) is 61.8. The fraction of sp³-hybridized carbons (Fsp3) is 0.344. The van der Waals surface area contributed by atoms with Crippen LogP contribution in [0.15, 0.2) is 119 Å². The summed E-state index contributed by atoms with van der Waals surface area (Å²) < 4.78 is 69.7. The average molecular weight is 1170 g/mol. The highest BCUT2D eigenvalue weighted by atomic mass is 19.1. The van der Waals surface area contributed by atoms with Crippen LogP contribution in [-0.4, -0.2) is 118 Å². The average Bonchev–Trinajstić information content (AvgIpc) is 2.00. The molecule has 0 saturated carbocycles. The van der Waals surface area contributed by atoms with Gasteiger partial charge in [0, 0.05) is 51.4 Å². The molecule has 0 spiro atoms. The Kier molecular flexibility index (Phi) is 16.5. The van der Waals surface area contributed by atoms with Crippen molar-refractivity contribution in [1.82, 2.24) is 38.9 Å². The van der Waals surface area contributed by atoms with E-state index >= 15 is 8.78 Å². The number of phenolic OH excluding ortho intramolecular Hbond substituents is 2. The van der Waals surface area contributed by atoms with Gasteiger partial charge in [-0.05, 0) is 111 Å². The monoisotopic (exact) mass is 1160 g/mol. The van der Waals surface area contributed by atoms with Gasteiger partial charge >= 0.3 is 17.5 Å². The van der Waals surface area contributed by atoms with Crippen LogP contribution < -0.4 is 21.2 Å². The third-order valence-electron chi connectivity index (χ3n) is 14.9. The number of hydrogen-bond acceptors (Lipinski definition) is 13. The quantitative estimate of drug-likeness (QED) is 0.113. The van der Waals surface area contributed by atoms with Crippen molar-refractivity contribution in [2.24, 2.45) is 0 Å². The second-order valence-electron chi connectivity index (χ2n) is 24.3. The molecule has 21 heteroatoms. The summed E-state index contributed by atoms with van der Waals surface area (Å²) in [7, 11) is 0. The van der Waals surface area contributed by atoms with Gasteiger partial charge in [0.05, 0.1) is 33.3 Å². The standard InChI is InChI=1S/C33H37F2N5O4.C31H31F2N5O3/c1-19-18-38(31(43)44-33(5,6)7)15-16-39(19)28-20-17-23(35)27(26-22(34)12-10-14-25(26)41)36-29(20)40(30(42)37-28)24-13-9-8-11-21(24)32(2,3)4;1-6-25(40)36-14-15-37(18(2)17-36)28-19-16-22(33)27(26-21(32)11-9-13-24(26)39)34-29(19)38(30(41)35-28)23-12-8-7-10-20(23)31(3,4)5/h8-14,17,19,41H,15-16,18H2,1-7H3;6-13,16,18,39H,1,14-15,17H2,2-5H3/t19-;18-/m00/s1. The highest BCUT2D eigenvalue weighted by molar-refractivity contribution is 5.93. The lowest BCUT2D eigenvalue weighted by molar-refractivity contribution is -0.126. The van der Waals surface area contributed by atoms with Crippen LogP contribution in [0.2, 0.25) is 0 Å². The van der Waals surface area contributed by atoms with Gasteiger partial charge in [0.2, 0.25) is 5.91 Å². The third-order valence-corrected chi connectivity index (χ3v) is 14.9. The number of fused-ring (bicyclic) bond motifs is 2. The molecule has 2 aliphatic heterocycles. The molecule has 0 unspecified atom stereocenters. The number of benzene rings is 4. The van der Waals surface area contributed by atoms with Crippen LogP contribution >= 0.6 is 0 Å². The maximum Gasteiger partial charge on any atom is 0.410 e. The molecule has 4 aromatic heterocycles. The Morgan fingerprint density at radius 1 is 0.565 bits per heavy atom. The minimum absolute atomic E-state index is 0.0533. The summed E-state index contributed by atoms with van der Waals surface area (Å²) in [6.07, 6.45) is 0.807. The smallest absolute Gasteiger partial charge is 0.410 e. The predicted octanol–water partition coefficient (Wildman–Crippen LogP) is 11.1. The highest BCUT2D eigenvalue weighted by Crippen LogP contribution is 2.40. The predicted molar refractivity (Wildman–Crippen MR) is 320 cm³/mol. The van der Waals surface area contributed by atoms with Crippen LogP contribution in [0.5, 0.6) is 11.5 Å². The second-order valence-corrected chi connectivity index (χ2v) is 24.3. The molecule has 0 bridgehead atoms. The lowest BCUT2D eigenvalue weighted by Crippen LogP contribution is -2.55. The summed E-state index contributed by atoms with van der Waals surface area (Å²) in [5.74, 6) is -4.26. The first-order valence-electron chi connectivity index (χ1n) is 27.8. The summed E-state index contributed by atoms with van der Waals surface area (Å²) in [4.78, 5) is 77.6. The van der Waals surface area contributed by atoms with Gasteiger partial charge in [0.25, 0.3) is 0 Å². The van der Waals surface area contributed by atoms with E-state index in [1.54, 1.807) is 54.8 Å². The molecule has 8 aromatic rings. The largest absolute Gasteiger partial charge is 0.507 e. The third kappa shape index (κ3) is 12.0. The molecule has 2 saturated heterocycles. The zero-order valence-corrected chi connectivity index (χ0v) is 49.3. The lowest BCUT2D eigenvalue weighted by Gasteiger charge is -2.41. The number of carbonyl (C=O) groups is 2. The van der Waals surface area contributed by atoms with Gasteiger partial charge in [-0.25, -0.2) is 51.0 Å². The van der Waals surface area contributed by atoms with Crippen molar-refractivity contribution in [1.29, 1.82) is 0 Å². The number of para-hydroxylation sites is 2. The van der Waals surface area contributed by atoms with Crippen molar-refractivity contribution in [2.75, 3.05) is 49.1 Å². The molecule has 2 aliphatic rings. The number of halogens is 4. The number of pyridine rings is 2. The SMILES string of the molecule is C=CC(=O)N1CCN(c2nc(=O)n(-c3ccccc3C(C)(C)C)c3nc(-c4c(O)cccc4F)c(F)cc23)[C@@H](C)C1.C[C@H]1CN(C(=O)OC(C)(C)C)CCN1c1nc(=O)n(-c2ccccc2C(C)(C)C)c2nc(-c3c(O)cccc3F)c(F)cc12. The molecule has 0 aliphatic carbocycles. The summed E-state index contributed by atoms with van der Waals surface area (Å²) in [6, 6.07) is 23.7. The van der Waals surface area contributed by atoms with E-state index in [4.69, 9.17) is 4.74 Å². The number of amides is 2. The molecule has 85 heavy (non-hydrogen) atoms. The van der Waals surface area contributed by atoms with E-state index in [2.05, 4.69) is 26.5 Å². The first kappa shape index (κ1) is 60.5. The first-order chi connectivity index (χ1) is 40.0. The number of hydrogen-bond donors (Lipinski definition) is 2. The van der Waals surface area contributed by atoms with Crippen molar-refractivity contribution in [3.63, 3.8) is 0 Å². The Morgan fingerprint density at radius 2 is 0.965 bits per heavy atom. The van der Waals surface area contributed by atoms with Crippen molar-refractivity contribution < 1.29 is 42.1 Å². The van der Waals surface area contributed by atoms with Gasteiger partial charge in [0.1, 0.15) is 51.8 Å². The van der Waals surface area contributed by atoms with E-state index in [1.165, 1.54) is 51.6 Å². The Morgan fingerprint density at radius 3 is 1.34 bits per heavy atom. The molecular weight excluding hydrogens is 1100 g/mol. The Hall–Kier alpha value is -9.14. The van der Waals surface area contributed by atoms with Crippen molar-refractivity contribution in [3.05, 3.63) is 165 Å². The topological polar surface area (TPSA) is 192 Å². The fourth-order valence-corrected chi connectivity index (χ4v) is 10.9. The number of phenols is 2. The van der Waals surface area contributed by atoms with Gasteiger partial charge in [0.15, 0.2) is 22.9 Å². The molecule has 2 fully saturated rings. The molecule has 4 aromatic carbocycles. The number of anilines is 2. The summed E-state index contributed by atoms with van der Waals surface area (Å²) in [6.45, 7) is 26.6. The molecular formula is C64H68F4N10O7. The van der Waals surface area contributed by atoms with Crippen LogP contribution in [0.25, 0.3) is 56.0 Å². The zero-order valence-electron chi connectivity index (χ0n) is 49.3. The number of piperazine rings is 2. The molecule has 2 atom stereocenters. The molecule has 0 radical (unpaired) electrons. The van der Waals surface area contributed by atoms with Crippen LogP contribution in [0.3, 0.4) is 0 Å². The number of carbonyl (C=O) groups excluding carboxylic acids is 2. The number of ether oxygens (including phenoxy) is 1. The van der Waals surface area contributed by atoms with Crippen LogP contribution in [-0.2, 0) is 20.4 Å². The van der Waals surface area contributed by atoms with Gasteiger partial charge < -0.3 is 34.5 Å². The molecule has 17 nitrogen and oxygen atoms in total. The molecule has 6 heterocycles. The number of aromatic hydroxyl groups is 2. The van der Waals surface area contributed by atoms with Gasteiger partial charge in [-0.15, -0.1) is 0 Å². The number of nitrogens with zero attached hydrogens (tertiary/aromatic N) is 10. The van der Waals surface area contributed by atoms with Crippen LogP contribution in [0.1, 0.15) is 87.3 Å². The number of rotatable bonds is 7. The first-order valence-corrected chi connectivity index (χ1v) is 27.8. The van der Waals surface area contributed by atoms with Crippen LogP contribution in [0.4, 0.5) is 34.0 Å². The van der Waals surface area contributed by atoms with Crippen molar-refractivity contribution in [2.45, 2.75) is 105 Å². The van der Waals surface area contributed by atoms with E-state index < -0.39 is 80.4 Å². The summed E-state index contributed by atoms with van der Waals surface area (Å²) in [5.41, 5.74) is -1.65. The van der Waals surface area contributed by atoms with Gasteiger partial charge in [-0.2, -0.15) is 9.97 Å². The van der Waals surface area contributed by atoms with Gasteiger partial charge in [-0.3, -0.25) is 4.79 Å². The van der Waals surface area contributed by atoms with E-state index in [9.17, 15) is 38.2 Å². The van der Waals surface area contributed by atoms with Crippen LogP contribution in [0, 0.1) is 23.3 Å². The molecule has 2 amide bonds. The maximum atomic E-state index is 15.9. The summed E-state index contributed by atoms with van der Waals surface area (Å²) in [5, 5.41) is 21.4. The van der Waals surface area contributed by atoms with E-state index in [0.717, 1.165) is 23.3 Å². The second kappa shape index (κ2) is 23.1. The minimum Gasteiger partial charge on any atom is -0.507 e. The Labute approximate surface area is 489 Å². The summed E-state index contributed by atoms with van der Waals surface area (Å²) >= 11 is 0. The van der Waals surface area contributed by atoms with Crippen molar-refractivity contribution >= 4 is 45.7 Å². The maximum absolute atomic E-state index is 15.9. The number of aromatic nitrogens is 6. The Bertz CT molecular complexity index is 4030. The van der Waals surface area contributed by atoms with Crippen molar-refractivity contribution in [3.8, 4) is 45.4 Å². The minimum atomic E-state index is -0.893. The molecule has 2 N–H and O–H groups in total. The van der Waals surface area contributed by atoms with E-state index in [-0.39, 0.29) is 75.6 Å². The normalized spacial score (nSPS) is 15.9. The van der Waals surface area contributed by atoms with E-state index in [1.807, 2.05) is 89.5 Å². The Balaban J connectivity index is 0.000000204. The fourth-order valence-electron chi connectivity index (χ4n) is 10.9. The lowest BCUT2D eigenvalue weighted by atomic mass is 9.85. The highest BCUT2D eigenvalue weighted by Gasteiger charge is 2.35. The molecule has 444 valence electrons.